The van der Waals surface area contributed by atoms with Crippen LogP contribution < -0.4 is 0 Å². The van der Waals surface area contributed by atoms with Crippen molar-refractivity contribution in [3.8, 4) is 17.2 Å². The summed E-state index contributed by atoms with van der Waals surface area (Å²) in [5, 5.41) is 8.96. The Kier molecular flexibility index (Phi) is 5.99. The highest BCUT2D eigenvalue weighted by Gasteiger charge is 2.37. The van der Waals surface area contributed by atoms with Gasteiger partial charge in [-0.25, -0.2) is 8.78 Å². The molecule has 3 heteroatoms. The third kappa shape index (κ3) is 3.95. The van der Waals surface area contributed by atoms with Crippen molar-refractivity contribution in [2.24, 2.45) is 11.8 Å². The predicted octanol–water partition coefficient (Wildman–Crippen LogP) is 7.53. The molecule has 1 nitrogen and oxygen atoms in total. The van der Waals surface area contributed by atoms with E-state index in [4.69, 9.17) is 5.26 Å². The van der Waals surface area contributed by atoms with Gasteiger partial charge in [0.2, 0.25) is 0 Å². The molecule has 0 bridgehead atoms. The first-order valence-corrected chi connectivity index (χ1v) is 11.1. The third-order valence-corrected chi connectivity index (χ3v) is 7.13. The molecule has 3 atom stereocenters. The minimum Gasteiger partial charge on any atom is -0.206 e. The standard InChI is InChI=1S/C26H29F2N/c1-2-3-4-5-17-8-12-21-20(14-17)11-13-22-23(21)15-24(27)25(26(22)28)19-9-6-18(16-29)7-10-19/h6-7,9-10,15,17,20-21H,2-5,8,11-14H2,1H3/t17-,20+,21+/m1/s1. The van der Waals surface area contributed by atoms with Crippen LogP contribution in [0.25, 0.3) is 11.1 Å². The van der Waals surface area contributed by atoms with Gasteiger partial charge in [-0.1, -0.05) is 44.7 Å². The number of fused-ring (bicyclic) bond motifs is 3. The number of halogens is 2. The minimum atomic E-state index is -0.475. The van der Waals surface area contributed by atoms with Gasteiger partial charge in [0.1, 0.15) is 11.6 Å². The highest BCUT2D eigenvalue weighted by Crippen LogP contribution is 2.49. The lowest BCUT2D eigenvalue weighted by Crippen LogP contribution is -2.29. The van der Waals surface area contributed by atoms with Gasteiger partial charge in [-0.15, -0.1) is 0 Å². The summed E-state index contributed by atoms with van der Waals surface area (Å²) in [6.45, 7) is 2.24. The van der Waals surface area contributed by atoms with Gasteiger partial charge >= 0.3 is 0 Å². The zero-order valence-corrected chi connectivity index (χ0v) is 17.2. The predicted molar refractivity (Wildman–Crippen MR) is 113 cm³/mol. The van der Waals surface area contributed by atoms with E-state index in [1.807, 2.05) is 6.07 Å². The Bertz CT molecular complexity index is 910. The number of unbranched alkanes of at least 4 members (excludes halogenated alkanes) is 2. The highest BCUT2D eigenvalue weighted by atomic mass is 19.1. The molecule has 29 heavy (non-hydrogen) atoms. The number of benzene rings is 2. The van der Waals surface area contributed by atoms with Crippen molar-refractivity contribution < 1.29 is 8.78 Å². The maximum atomic E-state index is 15.4. The van der Waals surface area contributed by atoms with Crippen LogP contribution in [0.2, 0.25) is 0 Å². The average Bonchev–Trinajstić information content (AvgIpc) is 2.74. The molecule has 2 aliphatic carbocycles. The molecule has 0 heterocycles. The van der Waals surface area contributed by atoms with Gasteiger partial charge in [-0.2, -0.15) is 5.26 Å². The fraction of sp³-hybridized carbons (Fsp3) is 0.500. The molecule has 2 aliphatic rings. The summed E-state index contributed by atoms with van der Waals surface area (Å²) in [4.78, 5) is 0. The first kappa shape index (κ1) is 20.1. The van der Waals surface area contributed by atoms with Crippen LogP contribution in [0.5, 0.6) is 0 Å². The second-order valence-corrected chi connectivity index (χ2v) is 8.88. The maximum absolute atomic E-state index is 15.4. The molecule has 1 fully saturated rings. The Labute approximate surface area is 172 Å². The van der Waals surface area contributed by atoms with Crippen LogP contribution >= 0.6 is 0 Å². The van der Waals surface area contributed by atoms with E-state index in [2.05, 4.69) is 6.92 Å². The summed E-state index contributed by atoms with van der Waals surface area (Å²) in [5.41, 5.74) is 2.69. The fourth-order valence-electron chi connectivity index (χ4n) is 5.60. The zero-order chi connectivity index (χ0) is 20.4. The summed E-state index contributed by atoms with van der Waals surface area (Å²) < 4.78 is 30.5. The number of hydrogen-bond donors (Lipinski definition) is 0. The van der Waals surface area contributed by atoms with Gasteiger partial charge in [0, 0.05) is 0 Å². The van der Waals surface area contributed by atoms with E-state index in [9.17, 15) is 0 Å². The van der Waals surface area contributed by atoms with Crippen LogP contribution in [-0.4, -0.2) is 0 Å². The molecule has 4 rings (SSSR count). The first-order chi connectivity index (χ1) is 14.1. The Balaban J connectivity index is 1.59. The highest BCUT2D eigenvalue weighted by molar-refractivity contribution is 5.68. The van der Waals surface area contributed by atoms with Crippen LogP contribution in [0, 0.1) is 34.8 Å². The van der Waals surface area contributed by atoms with E-state index >= 15 is 8.78 Å². The average molecular weight is 394 g/mol. The second kappa shape index (κ2) is 8.66. The molecule has 0 spiro atoms. The van der Waals surface area contributed by atoms with Crippen molar-refractivity contribution in [2.75, 3.05) is 0 Å². The summed E-state index contributed by atoms with van der Waals surface area (Å²) in [6, 6.07) is 10.2. The molecular formula is C26H29F2N. The van der Waals surface area contributed by atoms with Crippen molar-refractivity contribution in [1.82, 2.24) is 0 Å². The molecule has 0 N–H and O–H groups in total. The van der Waals surface area contributed by atoms with E-state index in [1.165, 1.54) is 38.5 Å². The Morgan fingerprint density at radius 1 is 1.07 bits per heavy atom. The molecule has 0 radical (unpaired) electrons. The van der Waals surface area contributed by atoms with Crippen molar-refractivity contribution in [3.63, 3.8) is 0 Å². The van der Waals surface area contributed by atoms with Gasteiger partial charge in [-0.3, -0.25) is 0 Å². The zero-order valence-electron chi connectivity index (χ0n) is 17.2. The molecule has 0 unspecified atom stereocenters. The van der Waals surface area contributed by atoms with Crippen LogP contribution in [0.4, 0.5) is 8.78 Å². The summed E-state index contributed by atoms with van der Waals surface area (Å²) >= 11 is 0. The van der Waals surface area contributed by atoms with E-state index in [0.29, 0.717) is 29.4 Å². The number of rotatable bonds is 5. The summed E-state index contributed by atoms with van der Waals surface area (Å²) in [6.07, 6.45) is 10.4. The van der Waals surface area contributed by atoms with Crippen LogP contribution in [0.3, 0.4) is 0 Å². The molecule has 2 aromatic carbocycles. The van der Waals surface area contributed by atoms with E-state index in [-0.39, 0.29) is 5.56 Å². The SMILES string of the molecule is CCCCC[C@@H]1CC[C@@H]2c3cc(F)c(-c4ccc(C#N)cc4)c(F)c3CC[C@H]2C1. The van der Waals surface area contributed by atoms with E-state index in [0.717, 1.165) is 29.9 Å². The molecule has 0 amide bonds. The van der Waals surface area contributed by atoms with Gasteiger partial charge < -0.3 is 0 Å². The quantitative estimate of drug-likeness (QED) is 0.482. The summed E-state index contributed by atoms with van der Waals surface area (Å²) in [5.74, 6) is 0.796. The van der Waals surface area contributed by atoms with Gasteiger partial charge in [0.25, 0.3) is 0 Å². The van der Waals surface area contributed by atoms with Gasteiger partial charge in [-0.05, 0) is 84.7 Å². The van der Waals surface area contributed by atoms with Crippen LogP contribution in [0.15, 0.2) is 30.3 Å². The van der Waals surface area contributed by atoms with Crippen molar-refractivity contribution in [2.45, 2.75) is 70.6 Å². The Morgan fingerprint density at radius 2 is 1.86 bits per heavy atom. The van der Waals surface area contributed by atoms with Crippen LogP contribution in [-0.2, 0) is 6.42 Å². The Morgan fingerprint density at radius 3 is 2.59 bits per heavy atom. The van der Waals surface area contributed by atoms with Crippen LogP contribution in [0.1, 0.15) is 80.9 Å². The minimum absolute atomic E-state index is 0.0555. The molecular weight excluding hydrogens is 364 g/mol. The van der Waals surface area contributed by atoms with E-state index < -0.39 is 11.6 Å². The number of nitrogens with zero attached hydrogens (tertiary/aromatic N) is 1. The number of nitriles is 1. The van der Waals surface area contributed by atoms with Crippen molar-refractivity contribution in [3.05, 3.63) is 58.7 Å². The van der Waals surface area contributed by atoms with Gasteiger partial charge in [0.15, 0.2) is 0 Å². The molecule has 2 aromatic rings. The monoisotopic (exact) mass is 393 g/mol. The van der Waals surface area contributed by atoms with Crippen molar-refractivity contribution >= 4 is 0 Å². The maximum Gasteiger partial charge on any atom is 0.137 e. The smallest absolute Gasteiger partial charge is 0.137 e. The second-order valence-electron chi connectivity index (χ2n) is 8.88. The topological polar surface area (TPSA) is 23.8 Å². The lowest BCUT2D eigenvalue weighted by Gasteiger charge is -2.41. The molecule has 0 aromatic heterocycles. The molecule has 0 saturated heterocycles. The third-order valence-electron chi connectivity index (χ3n) is 7.13. The fourth-order valence-corrected chi connectivity index (χ4v) is 5.60. The lowest BCUT2D eigenvalue weighted by atomic mass is 9.64. The number of hydrogen-bond acceptors (Lipinski definition) is 1. The van der Waals surface area contributed by atoms with Gasteiger partial charge in [0.05, 0.1) is 17.2 Å². The van der Waals surface area contributed by atoms with Crippen molar-refractivity contribution in [1.29, 1.82) is 5.26 Å². The normalized spacial score (nSPS) is 23.2. The lowest BCUT2D eigenvalue weighted by molar-refractivity contribution is 0.197. The largest absolute Gasteiger partial charge is 0.206 e. The Hall–Kier alpha value is -2.21. The summed E-state index contributed by atoms with van der Waals surface area (Å²) in [7, 11) is 0. The molecule has 152 valence electrons. The van der Waals surface area contributed by atoms with E-state index in [1.54, 1.807) is 30.3 Å². The molecule has 1 saturated carbocycles. The first-order valence-electron chi connectivity index (χ1n) is 11.1. The molecule has 0 aliphatic heterocycles.